The van der Waals surface area contributed by atoms with Crippen LogP contribution < -0.4 is 5.32 Å². The van der Waals surface area contributed by atoms with Crippen molar-refractivity contribution in [1.82, 2.24) is 10.2 Å². The van der Waals surface area contributed by atoms with Crippen LogP contribution in [0.3, 0.4) is 0 Å². The first-order valence-electron chi connectivity index (χ1n) is 6.87. The van der Waals surface area contributed by atoms with Crippen molar-refractivity contribution in [2.75, 3.05) is 19.7 Å². The number of hydrogen-bond acceptors (Lipinski definition) is 4. The first-order chi connectivity index (χ1) is 9.43. The maximum Gasteiger partial charge on any atom is 0.328 e. The molecule has 0 spiro atoms. The predicted molar refractivity (Wildman–Crippen MR) is 71.2 cm³/mol. The number of carboxylic acids is 1. The lowest BCUT2D eigenvalue weighted by atomic mass is 10.0. The van der Waals surface area contributed by atoms with Crippen molar-refractivity contribution in [3.8, 4) is 0 Å². The monoisotopic (exact) mass is 286 g/mol. The van der Waals surface area contributed by atoms with Crippen LogP contribution in [-0.4, -0.2) is 53.7 Å². The van der Waals surface area contributed by atoms with Crippen molar-refractivity contribution in [2.24, 2.45) is 5.92 Å². The molecule has 114 valence electrons. The molecule has 0 aromatic rings. The van der Waals surface area contributed by atoms with Crippen LogP contribution in [0.5, 0.6) is 0 Å². The molecule has 1 rings (SSSR count). The third kappa shape index (κ3) is 5.07. The lowest BCUT2D eigenvalue weighted by molar-refractivity contribution is -0.145. The van der Waals surface area contributed by atoms with Gasteiger partial charge in [-0.05, 0) is 32.6 Å². The molecule has 2 atom stereocenters. The fourth-order valence-corrected chi connectivity index (χ4v) is 2.18. The molecule has 1 fully saturated rings. The fraction of sp³-hybridized carbons (Fsp3) is 0.769. The fourth-order valence-electron chi connectivity index (χ4n) is 2.18. The summed E-state index contributed by atoms with van der Waals surface area (Å²) >= 11 is 0. The third-order valence-corrected chi connectivity index (χ3v) is 3.32. The van der Waals surface area contributed by atoms with Gasteiger partial charge in [-0.1, -0.05) is 0 Å². The maximum atomic E-state index is 11.9. The minimum absolute atomic E-state index is 0.124. The number of hydrogen-bond donors (Lipinski definition) is 2. The molecule has 0 radical (unpaired) electrons. The van der Waals surface area contributed by atoms with E-state index in [0.717, 1.165) is 6.42 Å². The number of nitrogens with one attached hydrogen (secondary N) is 1. The quantitative estimate of drug-likeness (QED) is 0.705. The van der Waals surface area contributed by atoms with E-state index >= 15 is 0 Å². The molecule has 0 aromatic heterocycles. The van der Waals surface area contributed by atoms with Gasteiger partial charge in [0.1, 0.15) is 6.04 Å². The summed E-state index contributed by atoms with van der Waals surface area (Å²) in [6.07, 6.45) is 1.50. The van der Waals surface area contributed by atoms with E-state index in [1.807, 2.05) is 0 Å². The Balaban J connectivity index is 2.34. The van der Waals surface area contributed by atoms with E-state index in [1.54, 1.807) is 18.7 Å². The van der Waals surface area contributed by atoms with E-state index in [4.69, 9.17) is 9.84 Å². The lowest BCUT2D eigenvalue weighted by Gasteiger charge is -2.20. The van der Waals surface area contributed by atoms with Gasteiger partial charge in [0.25, 0.3) is 0 Å². The first kappa shape index (κ1) is 16.3. The highest BCUT2D eigenvalue weighted by molar-refractivity contribution is 5.83. The van der Waals surface area contributed by atoms with E-state index in [-0.39, 0.29) is 25.0 Å². The maximum absolute atomic E-state index is 11.9. The summed E-state index contributed by atoms with van der Waals surface area (Å²) in [6, 6.07) is -0.983. The molecule has 2 N–H and O–H groups in total. The second-order valence-electron chi connectivity index (χ2n) is 4.96. The molecule has 0 saturated carbocycles. The number of rotatable bonds is 6. The zero-order valence-electron chi connectivity index (χ0n) is 11.9. The smallest absolute Gasteiger partial charge is 0.328 e. The molecule has 0 bridgehead atoms. The topological polar surface area (TPSA) is 95.9 Å². The number of carboxylic acid groups (broad SMARTS) is 1. The minimum Gasteiger partial charge on any atom is -0.481 e. The van der Waals surface area contributed by atoms with Crippen LogP contribution in [0.1, 0.15) is 33.1 Å². The van der Waals surface area contributed by atoms with Crippen molar-refractivity contribution < 1.29 is 24.2 Å². The second-order valence-corrected chi connectivity index (χ2v) is 4.96. The Morgan fingerprint density at radius 3 is 2.75 bits per heavy atom. The number of aliphatic carboxylic acids is 1. The van der Waals surface area contributed by atoms with Crippen LogP contribution in [0, 0.1) is 5.92 Å². The Labute approximate surface area is 118 Å². The zero-order valence-corrected chi connectivity index (χ0v) is 11.9. The normalized spacial score (nSPS) is 19.5. The number of carbonyl (C=O) groups excluding carboxylic acids is 2. The molecule has 0 aliphatic carbocycles. The Morgan fingerprint density at radius 2 is 2.15 bits per heavy atom. The Morgan fingerprint density at radius 1 is 1.45 bits per heavy atom. The van der Waals surface area contributed by atoms with Gasteiger partial charge in [-0.25, -0.2) is 9.59 Å². The summed E-state index contributed by atoms with van der Waals surface area (Å²) in [7, 11) is 0. The van der Waals surface area contributed by atoms with Gasteiger partial charge in [0.15, 0.2) is 0 Å². The number of esters is 1. The molecule has 1 heterocycles. The van der Waals surface area contributed by atoms with Crippen LogP contribution in [0.25, 0.3) is 0 Å². The van der Waals surface area contributed by atoms with Crippen LogP contribution in [0.4, 0.5) is 4.79 Å². The average molecular weight is 286 g/mol. The minimum atomic E-state index is -0.816. The summed E-state index contributed by atoms with van der Waals surface area (Å²) in [5.41, 5.74) is 0. The van der Waals surface area contributed by atoms with Crippen LogP contribution in [-0.2, 0) is 14.3 Å². The molecular weight excluding hydrogens is 264 g/mol. The van der Waals surface area contributed by atoms with E-state index in [9.17, 15) is 14.4 Å². The number of nitrogens with zero attached hydrogens (tertiary/aromatic N) is 1. The molecule has 2 unspecified atom stereocenters. The van der Waals surface area contributed by atoms with Gasteiger partial charge in [-0.2, -0.15) is 0 Å². The molecule has 7 nitrogen and oxygen atoms in total. The van der Waals surface area contributed by atoms with E-state index in [0.29, 0.717) is 19.5 Å². The molecule has 7 heteroatoms. The van der Waals surface area contributed by atoms with Gasteiger partial charge < -0.3 is 20.1 Å². The van der Waals surface area contributed by atoms with Crippen molar-refractivity contribution in [1.29, 1.82) is 0 Å². The Hall–Kier alpha value is -1.79. The summed E-state index contributed by atoms with van der Waals surface area (Å²) in [4.78, 5) is 35.5. The highest BCUT2D eigenvalue weighted by Gasteiger charge is 2.28. The standard InChI is InChI=1S/C13H22N2O5/c1-3-20-12(18)9(2)14-13(19)15-7-6-10(8-15)4-5-11(16)17/h9-10H,3-8H2,1-2H3,(H,14,19)(H,16,17). The van der Waals surface area contributed by atoms with Gasteiger partial charge in [0.05, 0.1) is 6.61 Å². The van der Waals surface area contributed by atoms with E-state index in [1.165, 1.54) is 0 Å². The number of urea groups is 1. The first-order valence-corrected chi connectivity index (χ1v) is 6.87. The van der Waals surface area contributed by atoms with Crippen LogP contribution >= 0.6 is 0 Å². The average Bonchev–Trinajstić information content (AvgIpc) is 2.85. The molecule has 0 aromatic carbocycles. The molecule has 20 heavy (non-hydrogen) atoms. The zero-order chi connectivity index (χ0) is 15.1. The van der Waals surface area contributed by atoms with Crippen molar-refractivity contribution >= 4 is 18.0 Å². The largest absolute Gasteiger partial charge is 0.481 e. The molecule has 1 saturated heterocycles. The Kier molecular flexibility index (Phi) is 6.27. The van der Waals surface area contributed by atoms with Gasteiger partial charge >= 0.3 is 18.0 Å². The predicted octanol–water partition coefficient (Wildman–Crippen LogP) is 0.834. The summed E-state index contributed by atoms with van der Waals surface area (Å²) < 4.78 is 4.82. The highest BCUT2D eigenvalue weighted by atomic mass is 16.5. The third-order valence-electron chi connectivity index (χ3n) is 3.32. The molecule has 2 amide bonds. The summed E-state index contributed by atoms with van der Waals surface area (Å²) in [6.45, 7) is 4.69. The van der Waals surface area contributed by atoms with Gasteiger partial charge in [0, 0.05) is 19.5 Å². The van der Waals surface area contributed by atoms with Crippen molar-refractivity contribution in [3.63, 3.8) is 0 Å². The van der Waals surface area contributed by atoms with Gasteiger partial charge in [-0.15, -0.1) is 0 Å². The van der Waals surface area contributed by atoms with E-state index < -0.39 is 18.0 Å². The lowest BCUT2D eigenvalue weighted by Crippen LogP contribution is -2.46. The highest BCUT2D eigenvalue weighted by Crippen LogP contribution is 2.20. The Bertz CT molecular complexity index is 372. The van der Waals surface area contributed by atoms with Gasteiger partial charge in [-0.3, -0.25) is 4.79 Å². The van der Waals surface area contributed by atoms with Crippen LogP contribution in [0.15, 0.2) is 0 Å². The second kappa shape index (κ2) is 7.72. The molecule has 1 aliphatic heterocycles. The van der Waals surface area contributed by atoms with Crippen molar-refractivity contribution in [2.45, 2.75) is 39.2 Å². The summed E-state index contributed by atoms with van der Waals surface area (Å²) in [5, 5.41) is 11.2. The van der Waals surface area contributed by atoms with Crippen molar-refractivity contribution in [3.05, 3.63) is 0 Å². The SMILES string of the molecule is CCOC(=O)C(C)NC(=O)N1CCC(CCC(=O)O)C1. The van der Waals surface area contributed by atoms with Crippen LogP contribution in [0.2, 0.25) is 0 Å². The summed E-state index contributed by atoms with van der Waals surface area (Å²) in [5.74, 6) is -1.05. The number of amides is 2. The van der Waals surface area contributed by atoms with Gasteiger partial charge in [0.2, 0.25) is 0 Å². The van der Waals surface area contributed by atoms with E-state index in [2.05, 4.69) is 5.32 Å². The number of likely N-dealkylation sites (tertiary alicyclic amines) is 1. The number of ether oxygens (including phenoxy) is 1. The number of carbonyl (C=O) groups is 3. The molecular formula is C13H22N2O5. The molecule has 1 aliphatic rings.